The van der Waals surface area contributed by atoms with E-state index >= 15 is 0 Å². The Balaban J connectivity index is 0.000000153. The first-order chi connectivity index (χ1) is 34.2. The Bertz CT molecular complexity index is 2890. The highest BCUT2D eigenvalue weighted by Gasteiger charge is 2.29. The fourth-order valence-corrected chi connectivity index (χ4v) is 9.84. The van der Waals surface area contributed by atoms with E-state index in [1.165, 1.54) is 78.4 Å². The summed E-state index contributed by atoms with van der Waals surface area (Å²) in [5.41, 5.74) is 17.2. The van der Waals surface area contributed by atoms with E-state index in [4.69, 9.17) is 18.9 Å². The van der Waals surface area contributed by atoms with E-state index in [2.05, 4.69) is 205 Å². The minimum atomic E-state index is -0.164. The van der Waals surface area contributed by atoms with E-state index in [9.17, 15) is 0 Å². The quantitative estimate of drug-likeness (QED) is 0.149. The average molecular weight is 925 g/mol. The van der Waals surface area contributed by atoms with Gasteiger partial charge in [-0.3, -0.25) is 0 Å². The summed E-state index contributed by atoms with van der Waals surface area (Å²) in [4.78, 5) is 9.10. The van der Waals surface area contributed by atoms with Gasteiger partial charge < -0.3 is 38.5 Å². The van der Waals surface area contributed by atoms with Crippen molar-refractivity contribution in [1.29, 1.82) is 0 Å². The monoisotopic (exact) mass is 924 g/mol. The van der Waals surface area contributed by atoms with Crippen molar-refractivity contribution in [3.05, 3.63) is 238 Å². The topological polar surface area (TPSA) is 49.9 Å². The van der Waals surface area contributed by atoms with Crippen molar-refractivity contribution < 1.29 is 18.9 Å². The molecule has 8 aromatic rings. The summed E-state index contributed by atoms with van der Waals surface area (Å²) < 4.78 is 24.1. The van der Waals surface area contributed by atoms with Gasteiger partial charge >= 0.3 is 0 Å². The lowest BCUT2D eigenvalue weighted by atomic mass is 9.77. The zero-order valence-electron chi connectivity index (χ0n) is 40.6. The Morgan fingerprint density at radius 3 is 1.04 bits per heavy atom. The molecule has 0 aliphatic carbocycles. The van der Waals surface area contributed by atoms with Crippen LogP contribution in [0.25, 0.3) is 0 Å². The molecule has 0 bridgehead atoms. The van der Waals surface area contributed by atoms with Gasteiger partial charge in [0, 0.05) is 76.6 Å². The molecule has 8 aromatic carbocycles. The Kier molecular flexibility index (Phi) is 12.3. The molecular formula is C62H60N4O4. The van der Waals surface area contributed by atoms with Crippen LogP contribution >= 0.6 is 0 Å². The number of anilines is 4. The molecule has 0 saturated carbocycles. The third kappa shape index (κ3) is 9.59. The Hall–Kier alpha value is -7.84. The van der Waals surface area contributed by atoms with Crippen molar-refractivity contribution in [2.75, 3.05) is 46.5 Å². The van der Waals surface area contributed by atoms with Crippen LogP contribution in [0.1, 0.15) is 69.5 Å². The lowest BCUT2D eigenvalue weighted by molar-refractivity contribution is 0.288. The second-order valence-corrected chi connectivity index (χ2v) is 19.6. The van der Waals surface area contributed by atoms with E-state index in [0.29, 0.717) is 26.9 Å². The van der Waals surface area contributed by atoms with Crippen molar-refractivity contribution in [3.63, 3.8) is 0 Å². The van der Waals surface area contributed by atoms with Gasteiger partial charge in [-0.25, -0.2) is 0 Å². The molecule has 4 aliphatic heterocycles. The molecule has 0 radical (unpaired) electrons. The zero-order valence-corrected chi connectivity index (χ0v) is 40.6. The minimum Gasteiger partial charge on any atom is -0.473 e. The lowest BCUT2D eigenvalue weighted by Gasteiger charge is -2.34. The second-order valence-electron chi connectivity index (χ2n) is 19.6. The lowest BCUT2D eigenvalue weighted by Crippen LogP contribution is -2.33. The van der Waals surface area contributed by atoms with E-state index in [1.54, 1.807) is 0 Å². The number of hydrogen-bond donors (Lipinski definition) is 0. The van der Waals surface area contributed by atoms with Crippen LogP contribution < -0.4 is 38.5 Å². The van der Waals surface area contributed by atoms with Crippen molar-refractivity contribution in [1.82, 2.24) is 0 Å². The van der Waals surface area contributed by atoms with Gasteiger partial charge in [0.15, 0.2) is 26.9 Å². The van der Waals surface area contributed by atoms with Crippen LogP contribution in [-0.4, -0.2) is 26.9 Å². The number of nitrogens with zero attached hydrogens (tertiary/aromatic N) is 4. The van der Waals surface area contributed by atoms with Crippen LogP contribution in [0.15, 0.2) is 182 Å². The smallest absolute Gasteiger partial charge is 0.161 e. The molecule has 0 fully saturated rings. The van der Waals surface area contributed by atoms with Crippen molar-refractivity contribution in [2.45, 2.75) is 65.7 Å². The molecule has 0 amide bonds. The van der Waals surface area contributed by atoms with Gasteiger partial charge in [-0.2, -0.15) is 0 Å². The van der Waals surface area contributed by atoms with Gasteiger partial charge in [-0.1, -0.05) is 122 Å². The average Bonchev–Trinajstić information content (AvgIpc) is 3.41. The maximum atomic E-state index is 6.13. The van der Waals surface area contributed by atoms with Crippen molar-refractivity contribution >= 4 is 22.7 Å². The molecule has 0 N–H and O–H groups in total. The van der Waals surface area contributed by atoms with E-state index in [0.717, 1.165) is 55.6 Å². The van der Waals surface area contributed by atoms with E-state index in [-0.39, 0.29) is 5.41 Å². The van der Waals surface area contributed by atoms with Crippen LogP contribution in [0.3, 0.4) is 0 Å². The fourth-order valence-electron chi connectivity index (χ4n) is 9.84. The summed E-state index contributed by atoms with van der Waals surface area (Å²) in [6.07, 6.45) is 0.916. The van der Waals surface area contributed by atoms with Gasteiger partial charge in [-0.05, 0) is 127 Å². The standard InChI is InChI=1S/C33H34N2O2.C29H26N2O2/c1-23-5-11-29(12-6-23)34-19-25-17-27(9-15-31(25)36-21-34)33(3,4)28-10-16-32-26(18-28)20-35(22-37-32)30-13-7-24(2)8-14-30;1-3-7-28-24(5-1)18-30(20-32-28)26-13-9-22(10-14-26)17-23-11-15-27(16-12-23)31-19-25-6-2-4-8-29(25)33-21-31/h5-18H,19-22H2,1-4H3;1-16H,17-21H2. The van der Waals surface area contributed by atoms with Gasteiger partial charge in [0.25, 0.3) is 0 Å². The number of ether oxygens (including phenoxy) is 4. The number of rotatable bonds is 8. The molecule has 8 heteroatoms. The number of aryl methyl sites for hydroxylation is 2. The highest BCUT2D eigenvalue weighted by molar-refractivity contribution is 5.57. The third-order valence-electron chi connectivity index (χ3n) is 14.3. The number of benzene rings is 8. The molecule has 352 valence electrons. The van der Waals surface area contributed by atoms with Crippen molar-refractivity contribution in [2.24, 2.45) is 0 Å². The zero-order chi connectivity index (χ0) is 47.6. The normalized spacial score (nSPS) is 14.8. The molecule has 4 heterocycles. The van der Waals surface area contributed by atoms with Gasteiger partial charge in [0.05, 0.1) is 0 Å². The highest BCUT2D eigenvalue weighted by Crippen LogP contribution is 2.40. The number of hydrogen-bond acceptors (Lipinski definition) is 8. The summed E-state index contributed by atoms with van der Waals surface area (Å²) in [6.45, 7) is 14.6. The molecule has 70 heavy (non-hydrogen) atoms. The molecule has 12 rings (SSSR count). The van der Waals surface area contributed by atoms with Crippen molar-refractivity contribution in [3.8, 4) is 23.0 Å². The first-order valence-electron chi connectivity index (χ1n) is 24.4. The summed E-state index contributed by atoms with van der Waals surface area (Å²) in [7, 11) is 0. The predicted molar refractivity (Wildman–Crippen MR) is 283 cm³/mol. The Morgan fingerprint density at radius 2 is 0.671 bits per heavy atom. The predicted octanol–water partition coefficient (Wildman–Crippen LogP) is 13.3. The summed E-state index contributed by atoms with van der Waals surface area (Å²) in [6, 6.07) is 64.9. The first kappa shape index (κ1) is 44.7. The summed E-state index contributed by atoms with van der Waals surface area (Å²) >= 11 is 0. The fraction of sp³-hybridized carbons (Fsp3) is 0.226. The molecular weight excluding hydrogens is 865 g/mol. The molecule has 0 aromatic heterocycles. The van der Waals surface area contributed by atoms with Gasteiger partial charge in [-0.15, -0.1) is 0 Å². The molecule has 0 atom stereocenters. The molecule has 0 saturated heterocycles. The minimum absolute atomic E-state index is 0.164. The van der Waals surface area contributed by atoms with E-state index in [1.807, 2.05) is 24.3 Å². The molecule has 0 unspecified atom stereocenters. The second kappa shape index (κ2) is 19.3. The molecule has 8 nitrogen and oxygen atoms in total. The van der Waals surface area contributed by atoms with Crippen LogP contribution in [0, 0.1) is 13.8 Å². The summed E-state index contributed by atoms with van der Waals surface area (Å²) in [5.74, 6) is 3.95. The van der Waals surface area contributed by atoms with Crippen LogP contribution in [0.5, 0.6) is 23.0 Å². The van der Waals surface area contributed by atoms with Gasteiger partial charge in [0.1, 0.15) is 23.0 Å². The number of fused-ring (bicyclic) bond motifs is 4. The maximum absolute atomic E-state index is 6.13. The molecule has 4 aliphatic rings. The number of para-hydroxylation sites is 2. The summed E-state index contributed by atoms with van der Waals surface area (Å²) in [5, 5.41) is 0. The maximum Gasteiger partial charge on any atom is 0.161 e. The van der Waals surface area contributed by atoms with Crippen LogP contribution in [-0.2, 0) is 38.0 Å². The van der Waals surface area contributed by atoms with Crippen LogP contribution in [0.4, 0.5) is 22.7 Å². The van der Waals surface area contributed by atoms with E-state index < -0.39 is 0 Å². The Morgan fingerprint density at radius 1 is 0.357 bits per heavy atom. The SMILES string of the molecule is Cc1ccc(N2COc3ccc(C(C)(C)c4ccc5c(c4)CN(c4ccc(C)cc4)CO5)cc3C2)cc1.c1ccc2c(c1)CN(c1ccc(Cc3ccc(N4COc5ccccc5C4)cc3)cc1)CO2. The largest absolute Gasteiger partial charge is 0.473 e. The third-order valence-corrected chi connectivity index (χ3v) is 14.3. The van der Waals surface area contributed by atoms with Gasteiger partial charge in [0.2, 0.25) is 0 Å². The molecule has 0 spiro atoms. The highest BCUT2D eigenvalue weighted by atomic mass is 16.5. The first-order valence-corrected chi connectivity index (χ1v) is 24.4. The Labute approximate surface area is 412 Å². The van der Waals surface area contributed by atoms with Crippen LogP contribution in [0.2, 0.25) is 0 Å².